The van der Waals surface area contributed by atoms with E-state index in [2.05, 4.69) is 34.6 Å². The number of fused-ring (bicyclic) bond motifs is 2. The number of aromatic amines is 1. The Balaban J connectivity index is 1.54. The first-order valence-electron chi connectivity index (χ1n) is 7.75. The Labute approximate surface area is 129 Å². The lowest BCUT2D eigenvalue weighted by Gasteiger charge is -2.23. The summed E-state index contributed by atoms with van der Waals surface area (Å²) in [6, 6.07) is 16.5. The summed E-state index contributed by atoms with van der Waals surface area (Å²) in [5.41, 5.74) is 4.62. The maximum atomic E-state index is 12.6. The number of rotatable bonds is 2. The van der Waals surface area contributed by atoms with Crippen LogP contribution in [-0.2, 0) is 17.6 Å². The summed E-state index contributed by atoms with van der Waals surface area (Å²) in [5, 5.41) is 4.16. The van der Waals surface area contributed by atoms with Gasteiger partial charge in [0.05, 0.1) is 5.69 Å². The molecule has 1 aliphatic rings. The highest BCUT2D eigenvalue weighted by Gasteiger charge is 2.24. The minimum atomic E-state index is 0.0589. The molecule has 3 nitrogen and oxygen atoms in total. The van der Waals surface area contributed by atoms with Crippen LogP contribution in [0.2, 0.25) is 0 Å². The van der Waals surface area contributed by atoms with Gasteiger partial charge < -0.3 is 10.3 Å². The molecule has 22 heavy (non-hydrogen) atoms. The third kappa shape index (κ3) is 2.29. The molecule has 110 valence electrons. The fraction of sp³-hybridized carbons (Fsp3) is 0.211. The van der Waals surface area contributed by atoms with Crippen LogP contribution in [0.15, 0.2) is 54.7 Å². The average Bonchev–Trinajstić information content (AvgIpc) is 2.97. The van der Waals surface area contributed by atoms with Crippen molar-refractivity contribution in [2.45, 2.75) is 19.3 Å². The summed E-state index contributed by atoms with van der Waals surface area (Å²) in [6.07, 6.45) is 4.62. The number of aryl methyl sites for hydroxylation is 1. The van der Waals surface area contributed by atoms with E-state index in [1.54, 1.807) is 0 Å². The predicted molar refractivity (Wildman–Crippen MR) is 88.9 cm³/mol. The third-order valence-corrected chi connectivity index (χ3v) is 4.56. The van der Waals surface area contributed by atoms with E-state index in [-0.39, 0.29) is 11.8 Å². The Hall–Kier alpha value is -2.55. The molecule has 1 heterocycles. The fourth-order valence-electron chi connectivity index (χ4n) is 3.33. The van der Waals surface area contributed by atoms with Crippen LogP contribution in [0.5, 0.6) is 0 Å². The molecule has 0 radical (unpaired) electrons. The number of anilines is 1. The van der Waals surface area contributed by atoms with Crippen molar-refractivity contribution in [1.82, 2.24) is 4.98 Å². The zero-order valence-electron chi connectivity index (χ0n) is 12.3. The van der Waals surface area contributed by atoms with Gasteiger partial charge in [-0.15, -0.1) is 0 Å². The third-order valence-electron chi connectivity index (χ3n) is 4.56. The van der Waals surface area contributed by atoms with Gasteiger partial charge in [0.1, 0.15) is 0 Å². The summed E-state index contributed by atoms with van der Waals surface area (Å²) >= 11 is 0. The van der Waals surface area contributed by atoms with Crippen LogP contribution in [0, 0.1) is 5.92 Å². The number of nitrogens with one attached hydrogen (secondary N) is 2. The van der Waals surface area contributed by atoms with Gasteiger partial charge in [-0.1, -0.05) is 42.5 Å². The number of hydrogen-bond acceptors (Lipinski definition) is 1. The molecule has 4 rings (SSSR count). The normalized spacial score (nSPS) is 17.2. The van der Waals surface area contributed by atoms with Crippen LogP contribution >= 0.6 is 0 Å². The number of para-hydroxylation sites is 1. The van der Waals surface area contributed by atoms with Crippen LogP contribution < -0.4 is 5.32 Å². The SMILES string of the molecule is O=C(Nc1c[nH]c2ccccc12)C1CCc2ccccc2C1. The summed E-state index contributed by atoms with van der Waals surface area (Å²) in [4.78, 5) is 15.8. The highest BCUT2D eigenvalue weighted by atomic mass is 16.1. The largest absolute Gasteiger partial charge is 0.359 e. The van der Waals surface area contributed by atoms with Crippen LogP contribution in [0.3, 0.4) is 0 Å². The van der Waals surface area contributed by atoms with Crippen molar-refractivity contribution in [1.29, 1.82) is 0 Å². The summed E-state index contributed by atoms with van der Waals surface area (Å²) in [5.74, 6) is 0.183. The molecule has 0 saturated carbocycles. The van der Waals surface area contributed by atoms with Crippen molar-refractivity contribution in [3.63, 3.8) is 0 Å². The number of benzene rings is 2. The molecular formula is C19H18N2O. The Bertz CT molecular complexity index is 834. The molecular weight excluding hydrogens is 272 g/mol. The van der Waals surface area contributed by atoms with Gasteiger partial charge in [0.2, 0.25) is 5.91 Å². The topological polar surface area (TPSA) is 44.9 Å². The molecule has 3 aromatic rings. The summed E-state index contributed by atoms with van der Waals surface area (Å²) in [7, 11) is 0. The standard InChI is InChI=1S/C19H18N2O/c22-19(15-10-9-13-5-1-2-6-14(13)11-15)21-18-12-20-17-8-4-3-7-16(17)18/h1-8,12,15,20H,9-11H2,(H,21,22). The van der Waals surface area contributed by atoms with E-state index in [0.717, 1.165) is 35.9 Å². The van der Waals surface area contributed by atoms with Crippen molar-refractivity contribution in [2.75, 3.05) is 5.32 Å². The molecule has 0 spiro atoms. The minimum Gasteiger partial charge on any atom is -0.359 e. The molecule has 0 saturated heterocycles. The molecule has 1 atom stereocenters. The van der Waals surface area contributed by atoms with Crippen molar-refractivity contribution >= 4 is 22.5 Å². The van der Waals surface area contributed by atoms with E-state index in [0.29, 0.717) is 0 Å². The molecule has 1 amide bonds. The number of carbonyl (C=O) groups excluding carboxylic acids is 1. The first kappa shape index (κ1) is 13.1. The number of aromatic nitrogens is 1. The summed E-state index contributed by atoms with van der Waals surface area (Å²) < 4.78 is 0. The monoisotopic (exact) mass is 290 g/mol. The fourth-order valence-corrected chi connectivity index (χ4v) is 3.33. The summed E-state index contributed by atoms with van der Waals surface area (Å²) in [6.45, 7) is 0. The Morgan fingerprint density at radius 1 is 1.05 bits per heavy atom. The molecule has 2 aromatic carbocycles. The Morgan fingerprint density at radius 2 is 1.82 bits per heavy atom. The lowest BCUT2D eigenvalue weighted by Crippen LogP contribution is -2.28. The quantitative estimate of drug-likeness (QED) is 0.738. The molecule has 3 heteroatoms. The van der Waals surface area contributed by atoms with Crippen molar-refractivity contribution in [3.8, 4) is 0 Å². The Kier molecular flexibility index (Phi) is 3.19. The molecule has 2 N–H and O–H groups in total. The van der Waals surface area contributed by atoms with Gasteiger partial charge >= 0.3 is 0 Å². The van der Waals surface area contributed by atoms with Crippen LogP contribution in [0.25, 0.3) is 10.9 Å². The number of amides is 1. The van der Waals surface area contributed by atoms with Crippen LogP contribution in [0.4, 0.5) is 5.69 Å². The van der Waals surface area contributed by atoms with Gasteiger partial charge in [0, 0.05) is 23.0 Å². The van der Waals surface area contributed by atoms with Gasteiger partial charge in [0.25, 0.3) is 0 Å². The van der Waals surface area contributed by atoms with Gasteiger partial charge in [0.15, 0.2) is 0 Å². The van der Waals surface area contributed by atoms with Gasteiger partial charge in [-0.2, -0.15) is 0 Å². The van der Waals surface area contributed by atoms with E-state index < -0.39 is 0 Å². The predicted octanol–water partition coefficient (Wildman–Crippen LogP) is 3.91. The van der Waals surface area contributed by atoms with Gasteiger partial charge in [-0.05, 0) is 36.5 Å². The first-order chi connectivity index (χ1) is 10.8. The van der Waals surface area contributed by atoms with E-state index in [1.807, 2.05) is 30.5 Å². The van der Waals surface area contributed by atoms with E-state index in [9.17, 15) is 4.79 Å². The molecule has 1 unspecified atom stereocenters. The number of hydrogen-bond donors (Lipinski definition) is 2. The molecule has 0 aliphatic heterocycles. The van der Waals surface area contributed by atoms with Crippen LogP contribution in [-0.4, -0.2) is 10.9 Å². The zero-order valence-corrected chi connectivity index (χ0v) is 12.3. The highest BCUT2D eigenvalue weighted by Crippen LogP contribution is 2.28. The van der Waals surface area contributed by atoms with Crippen molar-refractivity contribution in [2.24, 2.45) is 5.92 Å². The van der Waals surface area contributed by atoms with E-state index in [1.165, 1.54) is 11.1 Å². The van der Waals surface area contributed by atoms with E-state index >= 15 is 0 Å². The van der Waals surface area contributed by atoms with E-state index in [4.69, 9.17) is 0 Å². The molecule has 0 fully saturated rings. The maximum Gasteiger partial charge on any atom is 0.227 e. The molecule has 0 bridgehead atoms. The zero-order chi connectivity index (χ0) is 14.9. The van der Waals surface area contributed by atoms with Crippen molar-refractivity contribution in [3.05, 3.63) is 65.9 Å². The van der Waals surface area contributed by atoms with Gasteiger partial charge in [-0.3, -0.25) is 4.79 Å². The average molecular weight is 290 g/mol. The second-order valence-corrected chi connectivity index (χ2v) is 5.95. The second-order valence-electron chi connectivity index (χ2n) is 5.95. The minimum absolute atomic E-state index is 0.0589. The van der Waals surface area contributed by atoms with Crippen molar-refractivity contribution < 1.29 is 4.79 Å². The second kappa shape index (κ2) is 5.34. The highest BCUT2D eigenvalue weighted by molar-refractivity contribution is 6.02. The molecule has 1 aliphatic carbocycles. The number of H-pyrrole nitrogens is 1. The lowest BCUT2D eigenvalue weighted by atomic mass is 9.83. The number of carbonyl (C=O) groups is 1. The Morgan fingerprint density at radius 3 is 2.73 bits per heavy atom. The van der Waals surface area contributed by atoms with Gasteiger partial charge in [-0.25, -0.2) is 0 Å². The maximum absolute atomic E-state index is 12.6. The smallest absolute Gasteiger partial charge is 0.227 e. The lowest BCUT2D eigenvalue weighted by molar-refractivity contribution is -0.120. The van der Waals surface area contributed by atoms with Crippen LogP contribution in [0.1, 0.15) is 17.5 Å². The first-order valence-corrected chi connectivity index (χ1v) is 7.75. The molecule has 1 aromatic heterocycles.